The van der Waals surface area contributed by atoms with Crippen LogP contribution in [0.5, 0.6) is 5.75 Å². The molecule has 2 aliphatic rings. The van der Waals surface area contributed by atoms with Crippen LogP contribution in [-0.4, -0.2) is 44.1 Å². The molecule has 0 spiro atoms. The van der Waals surface area contributed by atoms with Crippen molar-refractivity contribution in [2.24, 2.45) is 11.8 Å². The fourth-order valence-corrected chi connectivity index (χ4v) is 3.79. The van der Waals surface area contributed by atoms with Crippen LogP contribution in [0.2, 0.25) is 0 Å². The molecule has 1 N–H and O–H groups in total. The highest BCUT2D eigenvalue weighted by Gasteiger charge is 2.37. The topological polar surface area (TPSA) is 41.6 Å². The molecule has 126 valence electrons. The van der Waals surface area contributed by atoms with Crippen molar-refractivity contribution < 1.29 is 9.53 Å². The van der Waals surface area contributed by atoms with E-state index >= 15 is 0 Å². The van der Waals surface area contributed by atoms with E-state index in [9.17, 15) is 4.79 Å². The van der Waals surface area contributed by atoms with Gasteiger partial charge < -0.3 is 15.0 Å². The molecule has 0 radical (unpaired) electrons. The Morgan fingerprint density at radius 3 is 2.48 bits per heavy atom. The highest BCUT2D eigenvalue weighted by Crippen LogP contribution is 2.27. The van der Waals surface area contributed by atoms with Gasteiger partial charge in [0.05, 0.1) is 7.11 Å². The zero-order chi connectivity index (χ0) is 16.1. The van der Waals surface area contributed by atoms with Gasteiger partial charge >= 0.3 is 0 Å². The Hall–Kier alpha value is -1.55. The monoisotopic (exact) mass is 316 g/mol. The van der Waals surface area contributed by atoms with Crippen molar-refractivity contribution in [1.29, 1.82) is 0 Å². The van der Waals surface area contributed by atoms with Crippen LogP contribution in [0.3, 0.4) is 0 Å². The lowest BCUT2D eigenvalue weighted by Crippen LogP contribution is -2.31. The van der Waals surface area contributed by atoms with Gasteiger partial charge in [0.15, 0.2) is 0 Å². The van der Waals surface area contributed by atoms with Crippen LogP contribution in [-0.2, 0) is 11.2 Å². The highest BCUT2D eigenvalue weighted by molar-refractivity contribution is 5.76. The number of unbranched alkanes of at least 4 members (excludes halogenated alkanes) is 2. The molecule has 2 saturated heterocycles. The summed E-state index contributed by atoms with van der Waals surface area (Å²) in [5.41, 5.74) is 1.34. The number of carbonyl (C=O) groups is 1. The maximum atomic E-state index is 12.3. The van der Waals surface area contributed by atoms with E-state index < -0.39 is 0 Å². The summed E-state index contributed by atoms with van der Waals surface area (Å²) in [6, 6.07) is 8.28. The van der Waals surface area contributed by atoms with E-state index in [4.69, 9.17) is 4.74 Å². The molecule has 2 heterocycles. The molecular weight excluding hydrogens is 288 g/mol. The first-order valence-electron chi connectivity index (χ1n) is 8.87. The van der Waals surface area contributed by atoms with Crippen LogP contribution in [0.25, 0.3) is 0 Å². The summed E-state index contributed by atoms with van der Waals surface area (Å²) in [7, 11) is 1.69. The Labute approximate surface area is 139 Å². The van der Waals surface area contributed by atoms with Crippen LogP contribution in [0, 0.1) is 11.8 Å². The van der Waals surface area contributed by atoms with Gasteiger partial charge in [-0.15, -0.1) is 0 Å². The van der Waals surface area contributed by atoms with E-state index in [1.165, 1.54) is 5.56 Å². The van der Waals surface area contributed by atoms with E-state index in [-0.39, 0.29) is 0 Å². The van der Waals surface area contributed by atoms with E-state index in [0.29, 0.717) is 17.7 Å². The molecule has 1 aromatic rings. The van der Waals surface area contributed by atoms with Crippen molar-refractivity contribution in [3.8, 4) is 5.75 Å². The highest BCUT2D eigenvalue weighted by atomic mass is 16.5. The van der Waals surface area contributed by atoms with E-state index in [1.54, 1.807) is 7.11 Å². The molecule has 23 heavy (non-hydrogen) atoms. The minimum Gasteiger partial charge on any atom is -0.497 e. The first-order valence-corrected chi connectivity index (χ1v) is 8.87. The number of ether oxygens (including phenoxy) is 1. The predicted molar refractivity (Wildman–Crippen MR) is 91.6 cm³/mol. The normalized spacial score (nSPS) is 23.1. The van der Waals surface area contributed by atoms with Crippen LogP contribution < -0.4 is 10.1 Å². The first kappa shape index (κ1) is 16.3. The summed E-state index contributed by atoms with van der Waals surface area (Å²) in [5, 5.41) is 3.42. The molecule has 2 atom stereocenters. The van der Waals surface area contributed by atoms with Crippen LogP contribution in [0.4, 0.5) is 0 Å². The standard InChI is InChI=1S/C19H28N2O2/c1-23-18-9-7-15(8-10-18)5-3-2-4-6-19(22)21-13-16-11-20-12-17(16)14-21/h7-10,16-17,20H,2-6,11-14H2,1H3/t16-,17+. The first-order chi connectivity index (χ1) is 11.3. The predicted octanol–water partition coefficient (Wildman–Crippen LogP) is 2.48. The van der Waals surface area contributed by atoms with Crippen LogP contribution >= 0.6 is 0 Å². The number of nitrogens with one attached hydrogen (secondary N) is 1. The third-order valence-electron chi connectivity index (χ3n) is 5.26. The number of fused-ring (bicyclic) bond motifs is 1. The molecule has 0 aliphatic carbocycles. The largest absolute Gasteiger partial charge is 0.497 e. The maximum Gasteiger partial charge on any atom is 0.222 e. The zero-order valence-electron chi connectivity index (χ0n) is 14.1. The minimum absolute atomic E-state index is 0.365. The van der Waals surface area contributed by atoms with Crippen molar-refractivity contribution in [2.75, 3.05) is 33.3 Å². The molecule has 0 bridgehead atoms. The number of carbonyl (C=O) groups excluding carboxylic acids is 1. The van der Waals surface area contributed by atoms with Gasteiger partial charge in [-0.2, -0.15) is 0 Å². The zero-order valence-corrected chi connectivity index (χ0v) is 14.1. The number of benzene rings is 1. The molecular formula is C19H28N2O2. The summed E-state index contributed by atoms with van der Waals surface area (Å²) in [5.74, 6) is 2.68. The molecule has 1 amide bonds. The number of likely N-dealkylation sites (tertiary alicyclic amines) is 1. The third kappa shape index (κ3) is 4.25. The van der Waals surface area contributed by atoms with Gasteiger partial charge in [0.25, 0.3) is 0 Å². The van der Waals surface area contributed by atoms with Gasteiger partial charge in [-0.05, 0) is 48.8 Å². The average molecular weight is 316 g/mol. The van der Waals surface area contributed by atoms with Gasteiger partial charge in [-0.3, -0.25) is 4.79 Å². The second-order valence-corrected chi connectivity index (χ2v) is 6.89. The number of rotatable bonds is 7. The van der Waals surface area contributed by atoms with Gasteiger partial charge in [-0.1, -0.05) is 18.6 Å². The maximum absolute atomic E-state index is 12.3. The van der Waals surface area contributed by atoms with E-state index in [2.05, 4.69) is 22.3 Å². The molecule has 2 fully saturated rings. The molecule has 0 aromatic heterocycles. The average Bonchev–Trinajstić information content (AvgIpc) is 3.16. The Bertz CT molecular complexity index is 503. The van der Waals surface area contributed by atoms with Crippen molar-refractivity contribution in [3.63, 3.8) is 0 Å². The smallest absolute Gasteiger partial charge is 0.222 e. The number of aryl methyl sites for hydroxylation is 1. The fraction of sp³-hybridized carbons (Fsp3) is 0.632. The Balaban J connectivity index is 1.30. The molecule has 0 saturated carbocycles. The number of hydrogen-bond acceptors (Lipinski definition) is 3. The lowest BCUT2D eigenvalue weighted by atomic mass is 10.0. The molecule has 4 nitrogen and oxygen atoms in total. The third-order valence-corrected chi connectivity index (χ3v) is 5.26. The quantitative estimate of drug-likeness (QED) is 0.786. The van der Waals surface area contributed by atoms with Crippen molar-refractivity contribution in [1.82, 2.24) is 10.2 Å². The number of methoxy groups -OCH3 is 1. The van der Waals surface area contributed by atoms with Gasteiger partial charge in [0.1, 0.15) is 5.75 Å². The summed E-state index contributed by atoms with van der Waals surface area (Å²) in [6.07, 6.45) is 5.08. The van der Waals surface area contributed by atoms with E-state index in [1.807, 2.05) is 12.1 Å². The molecule has 0 unspecified atom stereocenters. The summed E-state index contributed by atoms with van der Waals surface area (Å²) >= 11 is 0. The number of nitrogens with zero attached hydrogens (tertiary/aromatic N) is 1. The minimum atomic E-state index is 0.365. The van der Waals surface area contributed by atoms with Gasteiger partial charge in [0, 0.05) is 32.6 Å². The Morgan fingerprint density at radius 2 is 1.83 bits per heavy atom. The number of amides is 1. The van der Waals surface area contributed by atoms with Crippen LogP contribution in [0.1, 0.15) is 31.2 Å². The van der Waals surface area contributed by atoms with Gasteiger partial charge in [0.2, 0.25) is 5.91 Å². The summed E-state index contributed by atoms with van der Waals surface area (Å²) < 4.78 is 5.17. The fourth-order valence-electron chi connectivity index (χ4n) is 3.79. The molecule has 3 rings (SSSR count). The van der Waals surface area contributed by atoms with Crippen LogP contribution in [0.15, 0.2) is 24.3 Å². The molecule has 4 heteroatoms. The van der Waals surface area contributed by atoms with E-state index in [0.717, 1.165) is 64.0 Å². The second kappa shape index (κ2) is 7.82. The summed E-state index contributed by atoms with van der Waals surface area (Å²) in [4.78, 5) is 14.4. The lowest BCUT2D eigenvalue weighted by molar-refractivity contribution is -0.130. The Kier molecular flexibility index (Phi) is 5.55. The van der Waals surface area contributed by atoms with Crippen molar-refractivity contribution in [2.45, 2.75) is 32.1 Å². The molecule has 1 aromatic carbocycles. The molecule has 2 aliphatic heterocycles. The van der Waals surface area contributed by atoms with Crippen molar-refractivity contribution >= 4 is 5.91 Å². The number of hydrogen-bond donors (Lipinski definition) is 1. The lowest BCUT2D eigenvalue weighted by Gasteiger charge is -2.17. The van der Waals surface area contributed by atoms with Crippen molar-refractivity contribution in [3.05, 3.63) is 29.8 Å². The summed E-state index contributed by atoms with van der Waals surface area (Å²) in [6.45, 7) is 4.14. The van der Waals surface area contributed by atoms with Gasteiger partial charge in [-0.25, -0.2) is 0 Å². The second-order valence-electron chi connectivity index (χ2n) is 6.89. The Morgan fingerprint density at radius 1 is 1.13 bits per heavy atom. The SMILES string of the molecule is COc1ccc(CCCCCC(=O)N2C[C@H]3CNC[C@H]3C2)cc1.